The molecule has 0 bridgehead atoms. The molecule has 1 N–H and O–H groups in total. The molecule has 3 aliphatic rings. The van der Waals surface area contributed by atoms with Crippen molar-refractivity contribution in [1.82, 2.24) is 20.2 Å². The molecule has 180 valence electrons. The molecule has 1 aromatic carbocycles. The number of piperazine rings is 1. The Bertz CT molecular complexity index is 1260. The highest BCUT2D eigenvalue weighted by molar-refractivity contribution is 5.95. The van der Waals surface area contributed by atoms with Gasteiger partial charge < -0.3 is 19.9 Å². The van der Waals surface area contributed by atoms with Gasteiger partial charge in [-0.25, -0.2) is 4.98 Å². The van der Waals surface area contributed by atoms with Gasteiger partial charge in [0.05, 0.1) is 23.3 Å². The Balaban J connectivity index is 1.12. The topological polar surface area (TPSA) is 80.6 Å². The highest BCUT2D eigenvalue weighted by atomic mass is 16.5. The number of pyridine rings is 2. The summed E-state index contributed by atoms with van der Waals surface area (Å²) >= 11 is 0. The number of benzene rings is 1. The Morgan fingerprint density at radius 1 is 1.06 bits per heavy atom. The van der Waals surface area contributed by atoms with E-state index in [9.17, 15) is 5.26 Å². The lowest BCUT2D eigenvalue weighted by Crippen LogP contribution is -2.54. The number of aromatic nitrogens is 2. The Morgan fingerprint density at radius 2 is 1.91 bits per heavy atom. The Kier molecular flexibility index (Phi) is 5.98. The largest absolute Gasteiger partial charge is 0.370 e. The summed E-state index contributed by atoms with van der Waals surface area (Å²) in [7, 11) is 0. The Morgan fingerprint density at radius 3 is 2.77 bits per heavy atom. The third-order valence-electron chi connectivity index (χ3n) is 7.39. The zero-order valence-electron chi connectivity index (χ0n) is 20.2. The number of hydrogen-bond donors (Lipinski definition) is 1. The van der Waals surface area contributed by atoms with Crippen LogP contribution in [-0.4, -0.2) is 72.9 Å². The molecule has 0 unspecified atom stereocenters. The smallest absolute Gasteiger partial charge is 0.128 e. The van der Waals surface area contributed by atoms with Crippen molar-refractivity contribution in [3.8, 4) is 6.07 Å². The van der Waals surface area contributed by atoms with Crippen molar-refractivity contribution in [2.75, 3.05) is 55.6 Å². The molecular formula is C27H31N7O. The van der Waals surface area contributed by atoms with Crippen LogP contribution in [0.5, 0.6) is 0 Å². The second-order valence-electron chi connectivity index (χ2n) is 9.82. The number of nitriles is 1. The minimum absolute atomic E-state index is 0.136. The molecule has 0 saturated carbocycles. The van der Waals surface area contributed by atoms with Crippen LogP contribution in [0.2, 0.25) is 0 Å². The molecule has 3 aromatic rings. The van der Waals surface area contributed by atoms with Crippen LogP contribution in [0, 0.1) is 11.3 Å². The number of fused-ring (bicyclic) bond motifs is 2. The summed E-state index contributed by atoms with van der Waals surface area (Å²) in [6.45, 7) is 10.6. The normalized spacial score (nSPS) is 22.9. The zero-order chi connectivity index (χ0) is 23.8. The average Bonchev–Trinajstić information content (AvgIpc) is 3.36. The summed E-state index contributed by atoms with van der Waals surface area (Å²) in [5, 5.41) is 13.9. The molecule has 35 heavy (non-hydrogen) atoms. The van der Waals surface area contributed by atoms with Crippen LogP contribution in [0.25, 0.3) is 10.9 Å². The number of rotatable bonds is 4. The van der Waals surface area contributed by atoms with Gasteiger partial charge in [-0.3, -0.25) is 9.88 Å². The SMILES string of the molecule is C[C@@H]1CN(c2ccc(C#N)c3ncccc23)C[C@H](CN2CCN(c3cc4c(cn3)CNC4)CC2)O1. The number of morpholine rings is 1. The maximum Gasteiger partial charge on any atom is 0.128 e. The summed E-state index contributed by atoms with van der Waals surface area (Å²) < 4.78 is 6.38. The fourth-order valence-corrected chi connectivity index (χ4v) is 5.66. The zero-order valence-corrected chi connectivity index (χ0v) is 20.2. The molecule has 2 aromatic heterocycles. The van der Waals surface area contributed by atoms with E-state index in [0.29, 0.717) is 5.56 Å². The van der Waals surface area contributed by atoms with E-state index < -0.39 is 0 Å². The van der Waals surface area contributed by atoms with Crippen LogP contribution in [-0.2, 0) is 17.8 Å². The molecule has 2 fully saturated rings. The van der Waals surface area contributed by atoms with Gasteiger partial charge in [-0.05, 0) is 48.4 Å². The molecule has 8 nitrogen and oxygen atoms in total. The van der Waals surface area contributed by atoms with Gasteiger partial charge in [0.25, 0.3) is 0 Å². The van der Waals surface area contributed by atoms with Crippen molar-refractivity contribution in [2.24, 2.45) is 0 Å². The van der Waals surface area contributed by atoms with Crippen LogP contribution in [0.3, 0.4) is 0 Å². The van der Waals surface area contributed by atoms with Gasteiger partial charge in [0.15, 0.2) is 0 Å². The van der Waals surface area contributed by atoms with E-state index in [-0.39, 0.29) is 12.2 Å². The predicted molar refractivity (Wildman–Crippen MR) is 136 cm³/mol. The summed E-state index contributed by atoms with van der Waals surface area (Å²) in [4.78, 5) is 16.5. The van der Waals surface area contributed by atoms with Gasteiger partial charge in [-0.15, -0.1) is 0 Å². The molecule has 2 saturated heterocycles. The summed E-state index contributed by atoms with van der Waals surface area (Å²) in [5.41, 5.74) is 5.23. The molecule has 0 amide bonds. The van der Waals surface area contributed by atoms with Crippen molar-refractivity contribution < 1.29 is 4.74 Å². The van der Waals surface area contributed by atoms with Crippen LogP contribution in [0.15, 0.2) is 42.7 Å². The third kappa shape index (κ3) is 4.43. The van der Waals surface area contributed by atoms with Crippen molar-refractivity contribution >= 4 is 22.4 Å². The fourth-order valence-electron chi connectivity index (χ4n) is 5.66. The lowest BCUT2D eigenvalue weighted by atomic mass is 10.1. The number of anilines is 2. The van der Waals surface area contributed by atoms with Gasteiger partial charge in [0.2, 0.25) is 0 Å². The van der Waals surface area contributed by atoms with Gasteiger partial charge >= 0.3 is 0 Å². The van der Waals surface area contributed by atoms with E-state index >= 15 is 0 Å². The lowest BCUT2D eigenvalue weighted by molar-refractivity contribution is -0.0327. The first kappa shape index (κ1) is 22.2. The van der Waals surface area contributed by atoms with Crippen molar-refractivity contribution in [1.29, 1.82) is 5.26 Å². The van der Waals surface area contributed by atoms with Crippen LogP contribution < -0.4 is 15.1 Å². The van der Waals surface area contributed by atoms with Crippen LogP contribution >= 0.6 is 0 Å². The molecular weight excluding hydrogens is 438 g/mol. The van der Waals surface area contributed by atoms with Crippen molar-refractivity contribution in [3.05, 3.63) is 59.4 Å². The molecule has 0 radical (unpaired) electrons. The molecule has 2 atom stereocenters. The van der Waals surface area contributed by atoms with Gasteiger partial charge in [0, 0.05) is 82.4 Å². The van der Waals surface area contributed by atoms with Crippen molar-refractivity contribution in [3.63, 3.8) is 0 Å². The third-order valence-corrected chi connectivity index (χ3v) is 7.39. The van der Waals surface area contributed by atoms with Gasteiger partial charge in [-0.1, -0.05) is 0 Å². The number of ether oxygens (including phenoxy) is 1. The van der Waals surface area contributed by atoms with E-state index in [1.807, 2.05) is 18.3 Å². The second-order valence-corrected chi connectivity index (χ2v) is 9.82. The molecule has 6 rings (SSSR count). The molecule has 8 heteroatoms. The maximum atomic E-state index is 9.50. The minimum Gasteiger partial charge on any atom is -0.370 e. The Labute approximate surface area is 206 Å². The number of nitrogens with one attached hydrogen (secondary N) is 1. The number of hydrogen-bond acceptors (Lipinski definition) is 8. The highest BCUT2D eigenvalue weighted by Crippen LogP contribution is 2.30. The first-order valence-electron chi connectivity index (χ1n) is 12.5. The van der Waals surface area contributed by atoms with E-state index in [4.69, 9.17) is 9.72 Å². The predicted octanol–water partition coefficient (Wildman–Crippen LogP) is 2.52. The van der Waals surface area contributed by atoms with Gasteiger partial charge in [-0.2, -0.15) is 5.26 Å². The number of nitrogens with zero attached hydrogens (tertiary/aromatic N) is 6. The van der Waals surface area contributed by atoms with Gasteiger partial charge in [0.1, 0.15) is 11.9 Å². The highest BCUT2D eigenvalue weighted by Gasteiger charge is 2.29. The van der Waals surface area contributed by atoms with Crippen LogP contribution in [0.4, 0.5) is 11.5 Å². The van der Waals surface area contributed by atoms with E-state index in [1.165, 1.54) is 11.1 Å². The Hall–Kier alpha value is -3.25. The lowest BCUT2D eigenvalue weighted by Gasteiger charge is -2.42. The molecule has 5 heterocycles. The van der Waals surface area contributed by atoms with Crippen molar-refractivity contribution in [2.45, 2.75) is 32.2 Å². The monoisotopic (exact) mass is 469 g/mol. The van der Waals surface area contributed by atoms with Crippen LogP contribution in [0.1, 0.15) is 23.6 Å². The standard InChI is InChI=1S/C27H31N7O/c1-19-16-34(25-5-4-20(12-28)27-24(25)3-2-6-30-27)18-23(35-19)17-32-7-9-33(10-8-32)26-11-21-13-29-14-22(21)15-31-26/h2-6,11,15,19,23,29H,7-10,13-14,16-18H2,1H3/t19-,23+/m1/s1. The van der Waals surface area contributed by atoms with E-state index in [2.05, 4.69) is 56.2 Å². The second kappa shape index (κ2) is 9.42. The fraction of sp³-hybridized carbons (Fsp3) is 0.444. The van der Waals surface area contributed by atoms with E-state index in [1.54, 1.807) is 6.20 Å². The quantitative estimate of drug-likeness (QED) is 0.625. The summed E-state index contributed by atoms with van der Waals surface area (Å²) in [6, 6.07) is 12.5. The first-order valence-corrected chi connectivity index (χ1v) is 12.5. The molecule has 0 spiro atoms. The summed E-state index contributed by atoms with van der Waals surface area (Å²) in [5.74, 6) is 1.10. The van der Waals surface area contributed by atoms with E-state index in [0.717, 1.165) is 81.3 Å². The molecule has 0 aliphatic carbocycles. The first-order chi connectivity index (χ1) is 17.2. The molecule has 3 aliphatic heterocycles. The maximum absolute atomic E-state index is 9.50. The average molecular weight is 470 g/mol. The summed E-state index contributed by atoms with van der Waals surface area (Å²) in [6.07, 6.45) is 4.07. The minimum atomic E-state index is 0.136.